The fourth-order valence-electron chi connectivity index (χ4n) is 2.80. The zero-order chi connectivity index (χ0) is 18.0. The highest BCUT2D eigenvalue weighted by Gasteiger charge is 2.15. The second kappa shape index (κ2) is 6.71. The number of carbonyl (C=O) groups excluding carboxylic acids is 1. The van der Waals surface area contributed by atoms with Crippen LogP contribution in [0, 0.1) is 0 Å². The van der Waals surface area contributed by atoms with E-state index >= 15 is 0 Å². The third-order valence-corrected chi connectivity index (χ3v) is 4.41. The summed E-state index contributed by atoms with van der Waals surface area (Å²) in [6.07, 6.45) is 4.36. The van der Waals surface area contributed by atoms with E-state index in [4.69, 9.17) is 0 Å². The van der Waals surface area contributed by atoms with Crippen LogP contribution < -0.4 is 14.9 Å². The van der Waals surface area contributed by atoms with Crippen molar-refractivity contribution < 1.29 is 13.2 Å². The van der Waals surface area contributed by atoms with Crippen LogP contribution in [0.2, 0.25) is 0 Å². The van der Waals surface area contributed by atoms with Crippen LogP contribution in [0.4, 0.5) is 17.2 Å². The van der Waals surface area contributed by atoms with Crippen LogP contribution in [-0.2, 0) is 27.8 Å². The number of aromatic nitrogens is 3. The van der Waals surface area contributed by atoms with Gasteiger partial charge >= 0.3 is 0 Å². The molecular formula is C15H20N6O3S. The van der Waals surface area contributed by atoms with Crippen molar-refractivity contribution in [3.63, 3.8) is 0 Å². The second-order valence-corrected chi connectivity index (χ2v) is 7.80. The summed E-state index contributed by atoms with van der Waals surface area (Å²) in [5.74, 6) is -0.210. The van der Waals surface area contributed by atoms with Crippen molar-refractivity contribution in [2.45, 2.75) is 19.4 Å². The van der Waals surface area contributed by atoms with E-state index < -0.39 is 10.0 Å². The van der Waals surface area contributed by atoms with Gasteiger partial charge in [0.2, 0.25) is 15.9 Å². The fourth-order valence-corrected chi connectivity index (χ4v) is 3.28. The number of anilines is 3. The minimum atomic E-state index is -3.42. The fraction of sp³-hybridized carbons (Fsp3) is 0.400. The molecule has 2 aromatic rings. The van der Waals surface area contributed by atoms with Gasteiger partial charge in [0, 0.05) is 25.0 Å². The van der Waals surface area contributed by atoms with Crippen LogP contribution in [0.15, 0.2) is 24.4 Å². The Hall–Kier alpha value is -2.62. The molecule has 1 amide bonds. The lowest BCUT2D eigenvalue weighted by atomic mass is 10.0. The van der Waals surface area contributed by atoms with Crippen LogP contribution in [0.5, 0.6) is 0 Å². The maximum Gasteiger partial charge on any atom is 0.247 e. The number of aryl methyl sites for hydroxylation is 1. The topological polar surface area (TPSA) is 109 Å². The number of amides is 1. The average molecular weight is 364 g/mol. The van der Waals surface area contributed by atoms with Crippen molar-refractivity contribution in [3.05, 3.63) is 30.0 Å². The van der Waals surface area contributed by atoms with E-state index in [1.807, 2.05) is 18.2 Å². The van der Waals surface area contributed by atoms with E-state index in [2.05, 4.69) is 32.2 Å². The van der Waals surface area contributed by atoms with Crippen molar-refractivity contribution in [2.24, 2.45) is 0 Å². The molecule has 0 fully saturated rings. The predicted molar refractivity (Wildman–Crippen MR) is 95.2 cm³/mol. The third-order valence-electron chi connectivity index (χ3n) is 3.83. The lowest BCUT2D eigenvalue weighted by Crippen LogP contribution is -2.25. The van der Waals surface area contributed by atoms with Gasteiger partial charge in [0.15, 0.2) is 5.82 Å². The summed E-state index contributed by atoms with van der Waals surface area (Å²) in [7, 11) is -1.37. The Labute approximate surface area is 146 Å². The summed E-state index contributed by atoms with van der Waals surface area (Å²) in [6.45, 7) is 0.927. The minimum Gasteiger partial charge on any atom is -0.374 e. The van der Waals surface area contributed by atoms with Crippen molar-refractivity contribution in [2.75, 3.05) is 34.8 Å². The third kappa shape index (κ3) is 4.47. The van der Waals surface area contributed by atoms with Crippen LogP contribution in [0.1, 0.15) is 12.0 Å². The lowest BCUT2D eigenvalue weighted by molar-refractivity contribution is -0.117. The molecule has 0 unspecified atom stereocenters. The van der Waals surface area contributed by atoms with E-state index in [9.17, 15) is 13.2 Å². The van der Waals surface area contributed by atoms with E-state index in [1.165, 1.54) is 17.4 Å². The van der Waals surface area contributed by atoms with Gasteiger partial charge < -0.3 is 10.2 Å². The molecule has 0 saturated carbocycles. The summed E-state index contributed by atoms with van der Waals surface area (Å²) >= 11 is 0. The smallest absolute Gasteiger partial charge is 0.247 e. The SMILES string of the molecule is CN1CCCc2cc(NC(=O)Cn3ncc(NS(C)(=O)=O)n3)ccc21. The van der Waals surface area contributed by atoms with Gasteiger partial charge in [0.25, 0.3) is 0 Å². The van der Waals surface area contributed by atoms with E-state index in [0.717, 1.165) is 36.1 Å². The molecule has 0 aliphatic carbocycles. The molecule has 1 aromatic carbocycles. The molecular weight excluding hydrogens is 344 g/mol. The van der Waals surface area contributed by atoms with Crippen LogP contribution in [-0.4, -0.2) is 49.2 Å². The summed E-state index contributed by atoms with van der Waals surface area (Å²) in [4.78, 5) is 15.5. The molecule has 0 spiro atoms. The summed E-state index contributed by atoms with van der Waals surface area (Å²) in [5, 5.41) is 10.6. The molecule has 2 heterocycles. The molecule has 9 nitrogen and oxygen atoms in total. The quantitative estimate of drug-likeness (QED) is 0.807. The van der Waals surface area contributed by atoms with Crippen molar-refractivity contribution >= 4 is 33.1 Å². The van der Waals surface area contributed by atoms with Crippen LogP contribution in [0.3, 0.4) is 0 Å². The zero-order valence-electron chi connectivity index (χ0n) is 14.1. The van der Waals surface area contributed by atoms with E-state index in [0.29, 0.717) is 0 Å². The molecule has 0 bridgehead atoms. The van der Waals surface area contributed by atoms with Gasteiger partial charge in [-0.15, -0.1) is 5.10 Å². The lowest BCUT2D eigenvalue weighted by Gasteiger charge is -2.27. The molecule has 0 saturated heterocycles. The number of carbonyl (C=O) groups is 1. The monoisotopic (exact) mass is 364 g/mol. The van der Waals surface area contributed by atoms with Crippen LogP contribution in [0.25, 0.3) is 0 Å². The number of benzene rings is 1. The van der Waals surface area contributed by atoms with Crippen molar-refractivity contribution in [1.82, 2.24) is 15.0 Å². The van der Waals surface area contributed by atoms with Gasteiger partial charge in [-0.25, -0.2) is 8.42 Å². The first kappa shape index (κ1) is 17.2. The summed E-state index contributed by atoms with van der Waals surface area (Å²) in [5.41, 5.74) is 3.12. The number of nitrogens with one attached hydrogen (secondary N) is 2. The molecule has 25 heavy (non-hydrogen) atoms. The molecule has 2 N–H and O–H groups in total. The molecule has 1 aliphatic rings. The van der Waals surface area contributed by atoms with E-state index in [1.54, 1.807) is 0 Å². The Bertz CT molecular complexity index is 892. The predicted octanol–water partition coefficient (Wildman–Crippen LogP) is 0.671. The van der Waals surface area contributed by atoms with Gasteiger partial charge in [0.1, 0.15) is 6.54 Å². The number of rotatable bonds is 5. The molecule has 1 aromatic heterocycles. The maximum atomic E-state index is 12.1. The largest absolute Gasteiger partial charge is 0.374 e. The molecule has 134 valence electrons. The van der Waals surface area contributed by atoms with Gasteiger partial charge in [-0.05, 0) is 36.6 Å². The highest BCUT2D eigenvalue weighted by atomic mass is 32.2. The normalized spacial score (nSPS) is 14.1. The Kier molecular flexibility index (Phi) is 4.62. The summed E-state index contributed by atoms with van der Waals surface area (Å²) < 4.78 is 24.5. The van der Waals surface area contributed by atoms with Crippen LogP contribution >= 0.6 is 0 Å². The van der Waals surface area contributed by atoms with Crippen molar-refractivity contribution in [3.8, 4) is 0 Å². The Morgan fingerprint density at radius 2 is 2.16 bits per heavy atom. The van der Waals surface area contributed by atoms with Gasteiger partial charge in [-0.1, -0.05) is 0 Å². The average Bonchev–Trinajstić information content (AvgIpc) is 2.92. The number of nitrogens with zero attached hydrogens (tertiary/aromatic N) is 4. The van der Waals surface area contributed by atoms with Crippen molar-refractivity contribution in [1.29, 1.82) is 0 Å². The highest BCUT2D eigenvalue weighted by molar-refractivity contribution is 7.92. The van der Waals surface area contributed by atoms with Gasteiger partial charge in [-0.3, -0.25) is 9.52 Å². The first-order valence-corrected chi connectivity index (χ1v) is 9.71. The first-order valence-electron chi connectivity index (χ1n) is 7.82. The second-order valence-electron chi connectivity index (χ2n) is 6.05. The number of fused-ring (bicyclic) bond motifs is 1. The minimum absolute atomic E-state index is 0.0760. The molecule has 0 atom stereocenters. The highest BCUT2D eigenvalue weighted by Crippen LogP contribution is 2.28. The molecule has 10 heteroatoms. The number of hydrogen-bond donors (Lipinski definition) is 2. The number of hydrogen-bond acceptors (Lipinski definition) is 6. The zero-order valence-corrected chi connectivity index (χ0v) is 14.9. The summed E-state index contributed by atoms with van der Waals surface area (Å²) in [6, 6.07) is 5.85. The standard InChI is InChI=1S/C15H20N6O3S/c1-20-7-3-4-11-8-12(5-6-13(11)20)17-15(22)10-21-16-9-14(18-21)19-25(2,23)24/h5-6,8-9H,3-4,7,10H2,1-2H3,(H,17,22)(H,18,19). The molecule has 0 radical (unpaired) electrons. The Morgan fingerprint density at radius 1 is 1.36 bits per heavy atom. The first-order chi connectivity index (χ1) is 11.8. The molecule has 3 rings (SSSR count). The molecule has 1 aliphatic heterocycles. The van der Waals surface area contributed by atoms with Gasteiger partial charge in [-0.2, -0.15) is 9.90 Å². The van der Waals surface area contributed by atoms with Gasteiger partial charge in [0.05, 0.1) is 12.5 Å². The Morgan fingerprint density at radius 3 is 2.92 bits per heavy atom. The van der Waals surface area contributed by atoms with E-state index in [-0.39, 0.29) is 18.3 Å². The Balaban J connectivity index is 1.63. The maximum absolute atomic E-state index is 12.1. The number of sulfonamides is 1.